The summed E-state index contributed by atoms with van der Waals surface area (Å²) < 4.78 is 27.4. The van der Waals surface area contributed by atoms with Gasteiger partial charge in [-0.25, -0.2) is 8.42 Å². The Kier molecular flexibility index (Phi) is 3.21. The SMILES string of the molecule is COC(=O)C1CCN(C2CCS(=O)(=O)C2)C1. The number of hydrogen-bond acceptors (Lipinski definition) is 5. The zero-order chi connectivity index (χ0) is 11.8. The number of ether oxygens (including phenoxy) is 1. The quantitative estimate of drug-likeness (QED) is 0.625. The molecular formula is C10H17NO4S. The molecule has 0 radical (unpaired) electrons. The standard InChI is InChI=1S/C10H17NO4S/c1-15-10(12)8-2-4-11(6-8)9-3-5-16(13,14)7-9/h8-9H,2-7H2,1H3. The van der Waals surface area contributed by atoms with E-state index in [4.69, 9.17) is 4.74 Å². The number of methoxy groups -OCH3 is 1. The average molecular weight is 247 g/mol. The molecule has 0 spiro atoms. The maximum absolute atomic E-state index is 11.4. The van der Waals surface area contributed by atoms with Crippen molar-refractivity contribution in [1.82, 2.24) is 4.90 Å². The van der Waals surface area contributed by atoms with Crippen LogP contribution in [-0.4, -0.2) is 57.0 Å². The van der Waals surface area contributed by atoms with Crippen LogP contribution in [0.2, 0.25) is 0 Å². The molecule has 2 rings (SSSR count). The molecule has 2 atom stereocenters. The van der Waals surface area contributed by atoms with E-state index < -0.39 is 9.84 Å². The van der Waals surface area contributed by atoms with Gasteiger partial charge >= 0.3 is 5.97 Å². The van der Waals surface area contributed by atoms with Crippen molar-refractivity contribution in [3.63, 3.8) is 0 Å². The summed E-state index contributed by atoms with van der Waals surface area (Å²) in [7, 11) is -1.44. The molecule has 0 saturated carbocycles. The van der Waals surface area contributed by atoms with Gasteiger partial charge in [-0.2, -0.15) is 0 Å². The molecule has 0 aromatic heterocycles. The van der Waals surface area contributed by atoms with Crippen molar-refractivity contribution < 1.29 is 17.9 Å². The second-order valence-electron chi connectivity index (χ2n) is 4.56. The van der Waals surface area contributed by atoms with Gasteiger partial charge in [-0.05, 0) is 19.4 Å². The van der Waals surface area contributed by atoms with Crippen molar-refractivity contribution in [2.45, 2.75) is 18.9 Å². The molecule has 6 heteroatoms. The first-order valence-electron chi connectivity index (χ1n) is 5.54. The summed E-state index contributed by atoms with van der Waals surface area (Å²) in [5, 5.41) is 0. The Morgan fingerprint density at radius 3 is 2.69 bits per heavy atom. The third kappa shape index (κ3) is 2.38. The maximum atomic E-state index is 11.4. The summed E-state index contributed by atoms with van der Waals surface area (Å²) in [6.45, 7) is 1.45. The number of nitrogens with zero attached hydrogens (tertiary/aromatic N) is 1. The van der Waals surface area contributed by atoms with Crippen LogP contribution in [0.1, 0.15) is 12.8 Å². The van der Waals surface area contributed by atoms with Gasteiger partial charge in [0.15, 0.2) is 9.84 Å². The Balaban J connectivity index is 1.92. The van der Waals surface area contributed by atoms with Crippen LogP contribution in [0, 0.1) is 5.92 Å². The summed E-state index contributed by atoms with van der Waals surface area (Å²) in [4.78, 5) is 13.5. The van der Waals surface area contributed by atoms with Gasteiger partial charge < -0.3 is 4.74 Å². The summed E-state index contributed by atoms with van der Waals surface area (Å²) in [6.07, 6.45) is 1.49. The summed E-state index contributed by atoms with van der Waals surface area (Å²) in [5.74, 6) is 0.287. The number of carbonyl (C=O) groups excluding carboxylic acids is 1. The Bertz CT molecular complexity index is 378. The van der Waals surface area contributed by atoms with Crippen molar-refractivity contribution >= 4 is 15.8 Å². The Labute approximate surface area is 95.7 Å². The fourth-order valence-corrected chi connectivity index (χ4v) is 4.30. The third-order valence-electron chi connectivity index (χ3n) is 3.48. The summed E-state index contributed by atoms with van der Waals surface area (Å²) >= 11 is 0. The van der Waals surface area contributed by atoms with Gasteiger partial charge in [0.1, 0.15) is 0 Å². The predicted octanol–water partition coefficient (Wildman–Crippen LogP) is -0.332. The van der Waals surface area contributed by atoms with Gasteiger partial charge in [0, 0.05) is 12.6 Å². The first kappa shape index (κ1) is 11.9. The van der Waals surface area contributed by atoms with E-state index in [-0.39, 0.29) is 29.4 Å². The molecule has 5 nitrogen and oxygen atoms in total. The number of rotatable bonds is 2. The average Bonchev–Trinajstić information content (AvgIpc) is 2.83. The summed E-state index contributed by atoms with van der Waals surface area (Å²) in [5.41, 5.74) is 0. The minimum absolute atomic E-state index is 0.0756. The molecule has 2 saturated heterocycles. The van der Waals surface area contributed by atoms with Gasteiger partial charge in [-0.15, -0.1) is 0 Å². The van der Waals surface area contributed by atoms with Crippen LogP contribution in [0.4, 0.5) is 0 Å². The predicted molar refractivity (Wildman–Crippen MR) is 58.8 cm³/mol. The minimum atomic E-state index is -2.83. The van der Waals surface area contributed by atoms with Crippen molar-refractivity contribution in [1.29, 1.82) is 0 Å². The molecule has 16 heavy (non-hydrogen) atoms. The molecule has 2 heterocycles. The van der Waals surface area contributed by atoms with Gasteiger partial charge in [0.05, 0.1) is 24.5 Å². The molecule has 2 fully saturated rings. The highest BCUT2D eigenvalue weighted by Gasteiger charge is 2.37. The van der Waals surface area contributed by atoms with E-state index in [1.807, 2.05) is 0 Å². The Hall–Kier alpha value is -0.620. The zero-order valence-electron chi connectivity index (χ0n) is 9.39. The number of sulfone groups is 1. The van der Waals surface area contributed by atoms with Gasteiger partial charge in [0.2, 0.25) is 0 Å². The molecule has 2 unspecified atom stereocenters. The second-order valence-corrected chi connectivity index (χ2v) is 6.79. The van der Waals surface area contributed by atoms with Crippen LogP contribution in [0.3, 0.4) is 0 Å². The van der Waals surface area contributed by atoms with Crippen molar-refractivity contribution in [2.24, 2.45) is 5.92 Å². The Morgan fingerprint density at radius 2 is 2.12 bits per heavy atom. The third-order valence-corrected chi connectivity index (χ3v) is 5.23. The largest absolute Gasteiger partial charge is 0.469 e. The molecule has 2 aliphatic heterocycles. The van der Waals surface area contributed by atoms with E-state index in [1.165, 1.54) is 7.11 Å². The van der Waals surface area contributed by atoms with Crippen molar-refractivity contribution in [3.05, 3.63) is 0 Å². The van der Waals surface area contributed by atoms with Crippen LogP contribution in [0.5, 0.6) is 0 Å². The van der Waals surface area contributed by atoms with Crippen molar-refractivity contribution in [2.75, 3.05) is 31.7 Å². The molecule has 0 aliphatic carbocycles. The van der Waals surface area contributed by atoms with Gasteiger partial charge in [0.25, 0.3) is 0 Å². The first-order valence-corrected chi connectivity index (χ1v) is 7.36. The maximum Gasteiger partial charge on any atom is 0.310 e. The minimum Gasteiger partial charge on any atom is -0.469 e. The molecule has 92 valence electrons. The molecule has 2 aliphatic rings. The smallest absolute Gasteiger partial charge is 0.310 e. The number of hydrogen-bond donors (Lipinski definition) is 0. The topological polar surface area (TPSA) is 63.7 Å². The monoisotopic (exact) mass is 247 g/mol. The highest BCUT2D eigenvalue weighted by atomic mass is 32.2. The second kappa shape index (κ2) is 4.33. The fourth-order valence-electron chi connectivity index (χ4n) is 2.54. The highest BCUT2D eigenvalue weighted by Crippen LogP contribution is 2.25. The molecular weight excluding hydrogens is 230 g/mol. The van der Waals surface area contributed by atoms with E-state index in [9.17, 15) is 13.2 Å². The lowest BCUT2D eigenvalue weighted by molar-refractivity contribution is -0.144. The van der Waals surface area contributed by atoms with Crippen LogP contribution >= 0.6 is 0 Å². The van der Waals surface area contributed by atoms with E-state index in [0.717, 1.165) is 13.0 Å². The van der Waals surface area contributed by atoms with Crippen LogP contribution < -0.4 is 0 Å². The molecule has 0 bridgehead atoms. The molecule has 0 aromatic carbocycles. The number of carbonyl (C=O) groups is 1. The lowest BCUT2D eigenvalue weighted by Gasteiger charge is -2.21. The zero-order valence-corrected chi connectivity index (χ0v) is 10.2. The summed E-state index contributed by atoms with van der Waals surface area (Å²) in [6, 6.07) is 0.111. The lowest BCUT2D eigenvalue weighted by Crippen LogP contribution is -2.35. The highest BCUT2D eigenvalue weighted by molar-refractivity contribution is 7.91. The molecule has 0 N–H and O–H groups in total. The van der Waals surface area contributed by atoms with Gasteiger partial charge in [-0.1, -0.05) is 0 Å². The first-order chi connectivity index (χ1) is 7.52. The number of likely N-dealkylation sites (tertiary alicyclic amines) is 1. The lowest BCUT2D eigenvalue weighted by atomic mass is 10.1. The van der Waals surface area contributed by atoms with Crippen molar-refractivity contribution in [3.8, 4) is 0 Å². The fraction of sp³-hybridized carbons (Fsp3) is 0.900. The van der Waals surface area contributed by atoms with E-state index >= 15 is 0 Å². The van der Waals surface area contributed by atoms with Crippen LogP contribution in [0.25, 0.3) is 0 Å². The van der Waals surface area contributed by atoms with Crippen LogP contribution in [0.15, 0.2) is 0 Å². The van der Waals surface area contributed by atoms with E-state index in [2.05, 4.69) is 4.90 Å². The molecule has 0 amide bonds. The number of esters is 1. The normalized spacial score (nSPS) is 34.1. The van der Waals surface area contributed by atoms with Crippen LogP contribution in [-0.2, 0) is 19.4 Å². The Morgan fingerprint density at radius 1 is 1.38 bits per heavy atom. The molecule has 0 aromatic rings. The van der Waals surface area contributed by atoms with Gasteiger partial charge in [-0.3, -0.25) is 9.69 Å². The van der Waals surface area contributed by atoms with E-state index in [1.54, 1.807) is 0 Å². The van der Waals surface area contributed by atoms with E-state index in [0.29, 0.717) is 13.0 Å².